The van der Waals surface area contributed by atoms with Crippen molar-refractivity contribution in [3.05, 3.63) is 28.8 Å². The summed E-state index contributed by atoms with van der Waals surface area (Å²) in [4.78, 5) is 0.208. The van der Waals surface area contributed by atoms with Crippen LogP contribution in [0.5, 0.6) is 0 Å². The van der Waals surface area contributed by atoms with Crippen LogP contribution in [-0.4, -0.2) is 30.4 Å². The van der Waals surface area contributed by atoms with Gasteiger partial charge in [-0.15, -0.1) is 0 Å². The molecular formula is C14H20ClNO3S. The molecule has 1 aromatic carbocycles. The van der Waals surface area contributed by atoms with Crippen LogP contribution in [0.15, 0.2) is 23.1 Å². The maximum Gasteiger partial charge on any atom is 0.243 e. The maximum absolute atomic E-state index is 12.7. The van der Waals surface area contributed by atoms with Crippen LogP contribution in [0.4, 0.5) is 0 Å². The lowest BCUT2D eigenvalue weighted by atomic mass is 10.0. The van der Waals surface area contributed by atoms with Gasteiger partial charge in [-0.25, -0.2) is 8.42 Å². The molecule has 0 bridgehead atoms. The highest BCUT2D eigenvalue weighted by Crippen LogP contribution is 2.29. The number of nitrogens with zero attached hydrogens (tertiary/aromatic N) is 1. The number of rotatable bonds is 4. The lowest BCUT2D eigenvalue weighted by Gasteiger charge is -2.34. The average molecular weight is 318 g/mol. The first-order valence-electron chi connectivity index (χ1n) is 6.91. The van der Waals surface area contributed by atoms with Crippen LogP contribution in [-0.2, 0) is 16.6 Å². The number of hydrogen-bond acceptors (Lipinski definition) is 3. The lowest BCUT2D eigenvalue weighted by Crippen LogP contribution is -2.43. The predicted molar refractivity (Wildman–Crippen MR) is 79.2 cm³/mol. The van der Waals surface area contributed by atoms with E-state index in [4.69, 9.17) is 16.7 Å². The first-order valence-corrected chi connectivity index (χ1v) is 8.73. The van der Waals surface area contributed by atoms with E-state index in [0.717, 1.165) is 25.7 Å². The SMILES string of the molecule is CCC1CCCCN1S(=O)(=O)c1ccc(CO)c(Cl)c1. The fraction of sp³-hybridized carbons (Fsp3) is 0.571. The molecule has 1 saturated heterocycles. The van der Waals surface area contributed by atoms with Crippen LogP contribution >= 0.6 is 11.6 Å². The van der Waals surface area contributed by atoms with E-state index in [1.54, 1.807) is 10.4 Å². The normalized spacial score (nSPS) is 21.1. The van der Waals surface area contributed by atoms with E-state index in [1.165, 1.54) is 12.1 Å². The van der Waals surface area contributed by atoms with Crippen LogP contribution < -0.4 is 0 Å². The van der Waals surface area contributed by atoms with Gasteiger partial charge in [0.15, 0.2) is 0 Å². The average Bonchev–Trinajstić information content (AvgIpc) is 2.47. The van der Waals surface area contributed by atoms with Gasteiger partial charge in [0.05, 0.1) is 11.5 Å². The second-order valence-electron chi connectivity index (χ2n) is 5.08. The summed E-state index contributed by atoms with van der Waals surface area (Å²) in [5, 5.41) is 9.39. The molecule has 2 rings (SSSR count). The summed E-state index contributed by atoms with van der Waals surface area (Å²) in [7, 11) is -3.50. The van der Waals surface area contributed by atoms with Crippen LogP contribution in [0.2, 0.25) is 5.02 Å². The first-order chi connectivity index (χ1) is 9.50. The molecule has 0 radical (unpaired) electrons. The summed E-state index contributed by atoms with van der Waals surface area (Å²) in [5.74, 6) is 0. The van der Waals surface area contributed by atoms with Gasteiger partial charge >= 0.3 is 0 Å². The van der Waals surface area contributed by atoms with Gasteiger partial charge in [-0.1, -0.05) is 31.0 Å². The van der Waals surface area contributed by atoms with E-state index >= 15 is 0 Å². The Labute approximate surface area is 125 Å². The second kappa shape index (κ2) is 6.43. The molecule has 1 aliphatic heterocycles. The minimum atomic E-state index is -3.50. The fourth-order valence-corrected chi connectivity index (χ4v) is 4.75. The maximum atomic E-state index is 12.7. The van der Waals surface area contributed by atoms with Gasteiger partial charge in [-0.3, -0.25) is 0 Å². The number of piperidine rings is 1. The van der Waals surface area contributed by atoms with Gasteiger partial charge in [0.2, 0.25) is 10.0 Å². The number of aliphatic hydroxyl groups is 1. The number of sulfonamides is 1. The second-order valence-corrected chi connectivity index (χ2v) is 7.38. The zero-order valence-electron chi connectivity index (χ0n) is 11.5. The van der Waals surface area contributed by atoms with Crippen molar-refractivity contribution >= 4 is 21.6 Å². The molecule has 1 aromatic rings. The number of benzene rings is 1. The van der Waals surface area contributed by atoms with Crippen LogP contribution in [0.1, 0.15) is 38.2 Å². The minimum absolute atomic E-state index is 0.0741. The van der Waals surface area contributed by atoms with E-state index in [1.807, 2.05) is 6.92 Å². The molecule has 0 saturated carbocycles. The van der Waals surface area contributed by atoms with Gasteiger partial charge in [-0.05, 0) is 37.0 Å². The first kappa shape index (κ1) is 15.8. The molecule has 1 N–H and O–H groups in total. The Balaban J connectivity index is 2.36. The molecule has 1 heterocycles. The Morgan fingerprint density at radius 1 is 1.40 bits per heavy atom. The Hall–Kier alpha value is -0.620. The molecule has 0 amide bonds. The summed E-state index contributed by atoms with van der Waals surface area (Å²) < 4.78 is 27.0. The van der Waals surface area contributed by atoms with Crippen molar-refractivity contribution in [1.82, 2.24) is 4.31 Å². The minimum Gasteiger partial charge on any atom is -0.392 e. The summed E-state index contributed by atoms with van der Waals surface area (Å²) in [6, 6.07) is 4.60. The van der Waals surface area contributed by atoms with Crippen molar-refractivity contribution in [3.8, 4) is 0 Å². The monoisotopic (exact) mass is 317 g/mol. The molecule has 1 atom stereocenters. The van der Waals surface area contributed by atoms with Crippen LogP contribution in [0, 0.1) is 0 Å². The van der Waals surface area contributed by atoms with E-state index in [0.29, 0.717) is 17.1 Å². The quantitative estimate of drug-likeness (QED) is 0.929. The molecule has 20 heavy (non-hydrogen) atoms. The van der Waals surface area contributed by atoms with E-state index in [2.05, 4.69) is 0 Å². The van der Waals surface area contributed by atoms with Gasteiger partial charge in [0, 0.05) is 17.6 Å². The molecule has 1 unspecified atom stereocenters. The molecule has 1 fully saturated rings. The largest absolute Gasteiger partial charge is 0.392 e. The third kappa shape index (κ3) is 3.01. The molecule has 4 nitrogen and oxygen atoms in total. The number of halogens is 1. The predicted octanol–water partition coefficient (Wildman–Crippen LogP) is 2.79. The van der Waals surface area contributed by atoms with Gasteiger partial charge < -0.3 is 5.11 Å². The summed E-state index contributed by atoms with van der Waals surface area (Å²) >= 11 is 6.00. The zero-order valence-corrected chi connectivity index (χ0v) is 13.1. The molecule has 0 aromatic heterocycles. The van der Waals surface area contributed by atoms with Gasteiger partial charge in [-0.2, -0.15) is 4.31 Å². The highest BCUT2D eigenvalue weighted by atomic mass is 35.5. The van der Waals surface area contributed by atoms with E-state index in [-0.39, 0.29) is 17.5 Å². The van der Waals surface area contributed by atoms with E-state index < -0.39 is 10.0 Å². The van der Waals surface area contributed by atoms with Crippen molar-refractivity contribution < 1.29 is 13.5 Å². The highest BCUT2D eigenvalue weighted by Gasteiger charge is 2.32. The standard InChI is InChI=1S/C14H20ClNO3S/c1-2-12-5-3-4-8-16(12)20(18,19)13-7-6-11(10-17)14(15)9-13/h6-7,9,12,17H,2-5,8,10H2,1H3. The molecular weight excluding hydrogens is 298 g/mol. The Morgan fingerprint density at radius 3 is 2.75 bits per heavy atom. The van der Waals surface area contributed by atoms with E-state index in [9.17, 15) is 8.42 Å². The molecule has 112 valence electrons. The molecule has 1 aliphatic rings. The molecule has 0 aliphatic carbocycles. The van der Waals surface area contributed by atoms with Gasteiger partial charge in [0.25, 0.3) is 0 Å². The van der Waals surface area contributed by atoms with Crippen LogP contribution in [0.25, 0.3) is 0 Å². The topological polar surface area (TPSA) is 57.6 Å². The molecule has 0 spiro atoms. The Bertz CT molecular complexity index is 574. The van der Waals surface area contributed by atoms with Gasteiger partial charge in [0.1, 0.15) is 0 Å². The highest BCUT2D eigenvalue weighted by molar-refractivity contribution is 7.89. The van der Waals surface area contributed by atoms with Crippen molar-refractivity contribution in [2.24, 2.45) is 0 Å². The number of aliphatic hydroxyl groups excluding tert-OH is 1. The van der Waals surface area contributed by atoms with Crippen molar-refractivity contribution in [2.75, 3.05) is 6.54 Å². The van der Waals surface area contributed by atoms with Crippen molar-refractivity contribution in [1.29, 1.82) is 0 Å². The fourth-order valence-electron chi connectivity index (χ4n) is 2.65. The van der Waals surface area contributed by atoms with Crippen molar-refractivity contribution in [3.63, 3.8) is 0 Å². The van der Waals surface area contributed by atoms with Crippen molar-refractivity contribution in [2.45, 2.75) is 50.2 Å². The lowest BCUT2D eigenvalue weighted by molar-refractivity contribution is 0.246. The third-order valence-corrected chi connectivity index (χ3v) is 6.15. The Morgan fingerprint density at radius 2 is 2.15 bits per heavy atom. The Kier molecular flexibility index (Phi) is 5.07. The third-order valence-electron chi connectivity index (χ3n) is 3.85. The summed E-state index contributed by atoms with van der Waals surface area (Å²) in [6.07, 6.45) is 3.72. The van der Waals surface area contributed by atoms with Crippen LogP contribution in [0.3, 0.4) is 0 Å². The summed E-state index contributed by atoms with van der Waals surface area (Å²) in [5.41, 5.74) is 0.538. The molecule has 6 heteroatoms. The summed E-state index contributed by atoms with van der Waals surface area (Å²) in [6.45, 7) is 2.39. The number of hydrogen-bond donors (Lipinski definition) is 1. The zero-order chi connectivity index (χ0) is 14.8. The smallest absolute Gasteiger partial charge is 0.243 e.